The molecule has 3 aliphatic rings. The van der Waals surface area contributed by atoms with Crippen molar-refractivity contribution in [3.05, 3.63) is 0 Å². The number of esters is 5. The highest BCUT2D eigenvalue weighted by atomic mass is 16.6. The average molecular weight is 1120 g/mol. The third kappa shape index (κ3) is 32.1. The molecule has 0 aromatic carbocycles. The molecule has 10 heteroatoms. The number of carbonyl (C=O) groups excluding carboxylic acids is 5. The minimum absolute atomic E-state index is 0. The molecule has 3 saturated carbocycles. The first kappa shape index (κ1) is 89.2. The standard InChI is InChI=1S/C16H30O2.C14H26O2.C12H22O2.C11H22O2.C10H20O2.5CH4/c1-6-15(3,4)14(17)18-16(5,7-2)13-11-9-8-10-12-13;1-6-13(2,3)12(15)16-14(4,5)11-9-7-8-10-11;1-5-11(2,3)10(13)14-12(4)8-6-7-9-12;1-7-10(3,4)9(12)13-11(5,6)8-2;1-7-10(5,6)8(11)12-9(2,3)4;;;;;/h13H,6-12H2,1-5H3;11H,6-10H2,1-5H3;5-9H2,1-4H3;7-8H2,1-6H3;7H2,1-6H3;5*1H4. The van der Waals surface area contributed by atoms with E-state index in [2.05, 4.69) is 34.6 Å². The van der Waals surface area contributed by atoms with Gasteiger partial charge in [-0.1, -0.05) is 118 Å². The van der Waals surface area contributed by atoms with Crippen LogP contribution in [0.25, 0.3) is 0 Å². The molecule has 3 fully saturated rings. The second kappa shape index (κ2) is 37.5. The Morgan fingerprint density at radius 1 is 0.359 bits per heavy atom. The summed E-state index contributed by atoms with van der Waals surface area (Å²) < 4.78 is 28.0. The smallest absolute Gasteiger partial charge is 0.312 e. The molecule has 0 aliphatic heterocycles. The van der Waals surface area contributed by atoms with Crippen molar-refractivity contribution < 1.29 is 47.7 Å². The Morgan fingerprint density at radius 3 is 0.974 bits per heavy atom. The van der Waals surface area contributed by atoms with Crippen molar-refractivity contribution in [2.75, 3.05) is 0 Å². The van der Waals surface area contributed by atoms with E-state index in [1.165, 1.54) is 70.6 Å². The Kier molecular flexibility index (Phi) is 42.8. The Labute approximate surface area is 488 Å². The molecule has 78 heavy (non-hydrogen) atoms. The van der Waals surface area contributed by atoms with Crippen LogP contribution in [0.5, 0.6) is 0 Å². The zero-order valence-corrected chi connectivity index (χ0v) is 52.9. The summed E-state index contributed by atoms with van der Waals surface area (Å²) in [5, 5.41) is 0. The molecule has 0 heterocycles. The lowest BCUT2D eigenvalue weighted by Gasteiger charge is -2.40. The fraction of sp³-hybridized carbons (Fsp3) is 0.926. The minimum Gasteiger partial charge on any atom is -0.460 e. The Morgan fingerprint density at radius 2 is 0.654 bits per heavy atom. The molecule has 0 spiro atoms. The van der Waals surface area contributed by atoms with E-state index >= 15 is 0 Å². The van der Waals surface area contributed by atoms with Crippen molar-refractivity contribution in [3.63, 3.8) is 0 Å². The van der Waals surface area contributed by atoms with E-state index < -0.39 is 0 Å². The highest BCUT2D eigenvalue weighted by Crippen LogP contribution is 2.40. The van der Waals surface area contributed by atoms with Gasteiger partial charge in [0.1, 0.15) is 28.0 Å². The molecule has 3 rings (SSSR count). The molecule has 0 aromatic rings. The lowest BCUT2D eigenvalue weighted by atomic mass is 9.76. The van der Waals surface area contributed by atoms with Crippen molar-refractivity contribution in [3.8, 4) is 0 Å². The first-order valence-corrected chi connectivity index (χ1v) is 29.2. The molecule has 3 aliphatic carbocycles. The van der Waals surface area contributed by atoms with Gasteiger partial charge in [0.05, 0.1) is 27.1 Å². The van der Waals surface area contributed by atoms with Gasteiger partial charge < -0.3 is 23.7 Å². The molecule has 1 unspecified atom stereocenters. The lowest BCUT2D eigenvalue weighted by Crippen LogP contribution is -2.43. The van der Waals surface area contributed by atoms with E-state index in [1.807, 2.05) is 145 Å². The summed E-state index contributed by atoms with van der Waals surface area (Å²) in [7, 11) is 0. The van der Waals surface area contributed by atoms with Gasteiger partial charge in [0.2, 0.25) is 0 Å². The molecule has 0 bridgehead atoms. The van der Waals surface area contributed by atoms with Gasteiger partial charge in [-0.25, -0.2) is 0 Å². The maximum Gasteiger partial charge on any atom is 0.312 e. The highest BCUT2D eigenvalue weighted by molar-refractivity contribution is 5.78. The molecule has 0 aromatic heterocycles. The van der Waals surface area contributed by atoms with Crippen molar-refractivity contribution in [1.29, 1.82) is 0 Å². The van der Waals surface area contributed by atoms with Gasteiger partial charge in [-0.2, -0.15) is 0 Å². The van der Waals surface area contributed by atoms with Crippen molar-refractivity contribution in [2.45, 2.75) is 374 Å². The summed E-state index contributed by atoms with van der Waals surface area (Å²) in [4.78, 5) is 59.3. The maximum atomic E-state index is 12.3. The third-order valence-electron chi connectivity index (χ3n) is 17.0. The molecule has 472 valence electrons. The van der Waals surface area contributed by atoms with Crippen molar-refractivity contribution >= 4 is 29.8 Å². The summed E-state index contributed by atoms with van der Waals surface area (Å²) in [6.45, 7) is 51.5. The SMILES string of the molecule is C.C.C.C.C.CCC(C)(C)C(=O)OC(C)(C)C.CCC(C)(C)C(=O)OC(C)(C)C1CCCC1.CCC(C)(C)C(=O)OC(C)(CC)C1CCCCC1.CCC(C)(C)C(=O)OC1(C)CCCC1.CCC(C)(C)OC(=O)C(C)(C)CC. The largest absolute Gasteiger partial charge is 0.460 e. The van der Waals surface area contributed by atoms with Gasteiger partial charge in [-0.3, -0.25) is 24.0 Å². The van der Waals surface area contributed by atoms with E-state index in [1.54, 1.807) is 0 Å². The van der Waals surface area contributed by atoms with Crippen LogP contribution in [0.2, 0.25) is 0 Å². The quantitative estimate of drug-likeness (QED) is 0.0965. The fourth-order valence-electron chi connectivity index (χ4n) is 7.77. The predicted octanol–water partition coefficient (Wildman–Crippen LogP) is 21.0. The van der Waals surface area contributed by atoms with Crippen LogP contribution in [-0.2, 0) is 47.7 Å². The highest BCUT2D eigenvalue weighted by Gasteiger charge is 2.42. The van der Waals surface area contributed by atoms with Gasteiger partial charge in [-0.15, -0.1) is 0 Å². The Bertz CT molecular complexity index is 1640. The van der Waals surface area contributed by atoms with Crippen LogP contribution in [-0.4, -0.2) is 57.9 Å². The van der Waals surface area contributed by atoms with E-state index in [0.717, 1.165) is 57.8 Å². The Balaban J connectivity index is -0.000000160. The monoisotopic (exact) mass is 1120 g/mol. The fourth-order valence-corrected chi connectivity index (χ4v) is 7.77. The Hall–Kier alpha value is -2.65. The molecule has 0 N–H and O–H groups in total. The van der Waals surface area contributed by atoms with Gasteiger partial charge in [0.15, 0.2) is 0 Å². The topological polar surface area (TPSA) is 132 Å². The van der Waals surface area contributed by atoms with Crippen LogP contribution in [0.4, 0.5) is 0 Å². The number of hydrogen-bond acceptors (Lipinski definition) is 10. The molecule has 1 atom stereocenters. The molecule has 0 amide bonds. The first-order valence-electron chi connectivity index (χ1n) is 29.2. The normalized spacial score (nSPS) is 16.6. The minimum atomic E-state index is -0.372. The molecular formula is C68H140O10. The zero-order chi connectivity index (χ0) is 57.7. The van der Waals surface area contributed by atoms with Gasteiger partial charge in [-0.05, 0) is 240 Å². The molecule has 0 radical (unpaired) electrons. The van der Waals surface area contributed by atoms with E-state index in [9.17, 15) is 24.0 Å². The number of hydrogen-bond donors (Lipinski definition) is 0. The molecule has 0 saturated heterocycles. The lowest BCUT2D eigenvalue weighted by molar-refractivity contribution is -0.177. The first-order chi connectivity index (χ1) is 33.0. The second-order valence-corrected chi connectivity index (χ2v) is 27.6. The van der Waals surface area contributed by atoms with Crippen LogP contribution < -0.4 is 0 Å². The van der Waals surface area contributed by atoms with E-state index in [-0.39, 0.29) is 122 Å². The predicted molar refractivity (Wildman–Crippen MR) is 337 cm³/mol. The number of carbonyl (C=O) groups is 5. The van der Waals surface area contributed by atoms with Gasteiger partial charge in [0.25, 0.3) is 0 Å². The van der Waals surface area contributed by atoms with Crippen LogP contribution >= 0.6 is 0 Å². The third-order valence-corrected chi connectivity index (χ3v) is 17.0. The van der Waals surface area contributed by atoms with Crippen LogP contribution in [0.1, 0.15) is 346 Å². The van der Waals surface area contributed by atoms with E-state index in [0.29, 0.717) is 11.8 Å². The summed E-state index contributed by atoms with van der Waals surface area (Å²) >= 11 is 0. The summed E-state index contributed by atoms with van der Waals surface area (Å²) in [6.07, 6.45) is 21.6. The zero-order valence-electron chi connectivity index (χ0n) is 52.9. The number of rotatable bonds is 18. The van der Waals surface area contributed by atoms with E-state index in [4.69, 9.17) is 23.7 Å². The second-order valence-electron chi connectivity index (χ2n) is 27.6. The van der Waals surface area contributed by atoms with Gasteiger partial charge in [0, 0.05) is 0 Å². The maximum absolute atomic E-state index is 12.3. The van der Waals surface area contributed by atoms with Gasteiger partial charge >= 0.3 is 29.8 Å². The average Bonchev–Trinajstić information content (AvgIpc) is 4.02. The van der Waals surface area contributed by atoms with Crippen molar-refractivity contribution in [1.82, 2.24) is 0 Å². The molecule has 10 nitrogen and oxygen atoms in total. The summed E-state index contributed by atoms with van der Waals surface area (Å²) in [5.41, 5.74) is -3.17. The summed E-state index contributed by atoms with van der Waals surface area (Å²) in [5.74, 6) is 0.771. The van der Waals surface area contributed by atoms with Crippen LogP contribution in [0, 0.1) is 38.9 Å². The van der Waals surface area contributed by atoms with Crippen LogP contribution in [0.3, 0.4) is 0 Å². The van der Waals surface area contributed by atoms with Crippen molar-refractivity contribution in [2.24, 2.45) is 38.9 Å². The van der Waals surface area contributed by atoms with Crippen LogP contribution in [0.15, 0.2) is 0 Å². The molecular weight excluding hydrogens is 977 g/mol. The summed E-state index contributed by atoms with van der Waals surface area (Å²) in [6, 6.07) is 0. The number of ether oxygens (including phenoxy) is 5.